The maximum Gasteiger partial charge on any atom is 0.192 e. The Kier molecular flexibility index (Phi) is 4.31. The fourth-order valence-corrected chi connectivity index (χ4v) is 1.56. The van der Waals surface area contributed by atoms with E-state index in [4.69, 9.17) is 12.9 Å². The third kappa shape index (κ3) is 2.73. The molecule has 0 aliphatic carbocycles. The summed E-state index contributed by atoms with van der Waals surface area (Å²) < 4.78 is 10.4. The second-order valence-electron chi connectivity index (χ2n) is 2.55. The fraction of sp³-hybridized carbons (Fsp3) is 0.333. The molecule has 0 saturated heterocycles. The molecule has 0 amide bonds. The summed E-state index contributed by atoms with van der Waals surface area (Å²) in [5, 5.41) is 8.59. The van der Waals surface area contributed by atoms with E-state index in [1.165, 1.54) is 0 Å². The summed E-state index contributed by atoms with van der Waals surface area (Å²) in [6.07, 6.45) is 0. The van der Waals surface area contributed by atoms with Crippen molar-refractivity contribution in [1.82, 2.24) is 0 Å². The maximum absolute atomic E-state index is 8.59. The third-order valence-electron chi connectivity index (χ3n) is 1.60. The van der Waals surface area contributed by atoms with E-state index in [-0.39, 0.29) is 13.2 Å². The lowest BCUT2D eigenvalue weighted by Crippen LogP contribution is -2.02. The number of halogens is 1. The zero-order valence-electron chi connectivity index (χ0n) is 7.29. The zero-order chi connectivity index (χ0) is 9.68. The van der Waals surface area contributed by atoms with Gasteiger partial charge in [0.25, 0.3) is 0 Å². The first-order valence-corrected chi connectivity index (χ1v) is 4.79. The molecule has 0 fully saturated rings. The van der Waals surface area contributed by atoms with Crippen LogP contribution in [0.4, 0.5) is 0 Å². The minimum atomic E-state index is 0.00856. The number of ether oxygens (including phenoxy) is 1. The van der Waals surface area contributed by atoms with Gasteiger partial charge in [-0.25, -0.2) is 0 Å². The lowest BCUT2D eigenvalue weighted by atomic mass is 10.2. The van der Waals surface area contributed by atoms with Gasteiger partial charge in [0.2, 0.25) is 0 Å². The number of aliphatic hydroxyl groups excluding tert-OH is 1. The summed E-state index contributed by atoms with van der Waals surface area (Å²) in [4.78, 5) is 0. The van der Waals surface area contributed by atoms with Crippen molar-refractivity contribution in [3.05, 3.63) is 23.8 Å². The predicted octanol–water partition coefficient (Wildman–Crippen LogP) is 2.09. The Morgan fingerprint density at radius 2 is 2.23 bits per heavy atom. The van der Waals surface area contributed by atoms with Gasteiger partial charge in [-0.1, -0.05) is 12.1 Å². The van der Waals surface area contributed by atoms with Crippen molar-refractivity contribution in [1.29, 1.82) is 0 Å². The number of hydrogen-bond donors (Lipinski definition) is 1. The second kappa shape index (κ2) is 5.29. The molecule has 3 nitrogen and oxygen atoms in total. The molecular weight excluding hydrogens is 283 g/mol. The second-order valence-corrected chi connectivity index (χ2v) is 2.99. The molecular formula is C9H11IO3. The van der Waals surface area contributed by atoms with Crippen LogP contribution in [0, 0.1) is 6.92 Å². The number of aliphatic hydroxyl groups is 1. The molecule has 0 radical (unpaired) electrons. The number of para-hydroxylation sites is 1. The van der Waals surface area contributed by atoms with E-state index < -0.39 is 0 Å². The molecule has 0 heterocycles. The van der Waals surface area contributed by atoms with Crippen LogP contribution in [0.2, 0.25) is 0 Å². The van der Waals surface area contributed by atoms with Crippen LogP contribution in [0.15, 0.2) is 18.2 Å². The molecule has 0 unspecified atom stereocenters. The van der Waals surface area contributed by atoms with Crippen LogP contribution in [0.3, 0.4) is 0 Å². The molecule has 13 heavy (non-hydrogen) atoms. The van der Waals surface area contributed by atoms with Gasteiger partial charge in [-0.05, 0) is 18.6 Å². The lowest BCUT2D eigenvalue weighted by Gasteiger charge is -2.09. The average Bonchev–Trinajstić information content (AvgIpc) is 2.15. The molecule has 0 aliphatic rings. The smallest absolute Gasteiger partial charge is 0.192 e. The predicted molar refractivity (Wildman–Crippen MR) is 58.4 cm³/mol. The number of hydrogen-bond acceptors (Lipinski definition) is 3. The molecule has 0 aliphatic heterocycles. The van der Waals surface area contributed by atoms with E-state index in [0.717, 1.165) is 11.3 Å². The summed E-state index contributed by atoms with van der Waals surface area (Å²) in [7, 11) is 0. The Labute approximate surface area is 91.4 Å². The van der Waals surface area contributed by atoms with Crippen LogP contribution in [0.25, 0.3) is 0 Å². The summed E-state index contributed by atoms with van der Waals surface area (Å²) in [5.41, 5.74) is 1.02. The number of rotatable bonds is 4. The normalized spacial score (nSPS) is 9.77. The minimum Gasteiger partial charge on any atom is -0.487 e. The summed E-state index contributed by atoms with van der Waals surface area (Å²) >= 11 is 1.81. The van der Waals surface area contributed by atoms with Crippen molar-refractivity contribution >= 4 is 23.0 Å². The highest BCUT2D eigenvalue weighted by atomic mass is 127. The quantitative estimate of drug-likeness (QED) is 0.864. The van der Waals surface area contributed by atoms with Crippen molar-refractivity contribution in [2.45, 2.75) is 6.92 Å². The van der Waals surface area contributed by atoms with Crippen LogP contribution in [-0.4, -0.2) is 18.3 Å². The Morgan fingerprint density at radius 3 is 2.85 bits per heavy atom. The standard InChI is InChI=1S/C9H11IO3/c1-7-3-2-4-8(9(7)13-10)12-6-5-11/h2-4,11H,5-6H2,1H3. The molecule has 1 rings (SSSR count). The topological polar surface area (TPSA) is 38.7 Å². The van der Waals surface area contributed by atoms with Gasteiger partial charge in [0.15, 0.2) is 34.5 Å². The first-order chi connectivity index (χ1) is 6.29. The van der Waals surface area contributed by atoms with Gasteiger partial charge >= 0.3 is 0 Å². The van der Waals surface area contributed by atoms with E-state index >= 15 is 0 Å². The Balaban J connectivity index is 2.85. The van der Waals surface area contributed by atoms with E-state index in [0.29, 0.717) is 5.75 Å². The van der Waals surface area contributed by atoms with Crippen LogP contribution < -0.4 is 7.80 Å². The number of aryl methyl sites for hydroxylation is 1. The third-order valence-corrected chi connectivity index (χ3v) is 2.04. The first kappa shape index (κ1) is 10.6. The lowest BCUT2D eigenvalue weighted by molar-refractivity contribution is 0.199. The largest absolute Gasteiger partial charge is 0.487 e. The van der Waals surface area contributed by atoms with Gasteiger partial charge in [-0.2, -0.15) is 0 Å². The number of benzene rings is 1. The molecule has 0 bridgehead atoms. The molecule has 72 valence electrons. The Bertz CT molecular complexity index is 276. The molecule has 1 aromatic carbocycles. The summed E-state index contributed by atoms with van der Waals surface area (Å²) in [6, 6.07) is 5.65. The van der Waals surface area contributed by atoms with Crippen molar-refractivity contribution in [2.75, 3.05) is 13.2 Å². The molecule has 0 spiro atoms. The van der Waals surface area contributed by atoms with Crippen LogP contribution in [0.1, 0.15) is 5.56 Å². The van der Waals surface area contributed by atoms with Crippen LogP contribution >= 0.6 is 23.0 Å². The van der Waals surface area contributed by atoms with Crippen molar-refractivity contribution in [3.63, 3.8) is 0 Å². The first-order valence-electron chi connectivity index (χ1n) is 3.91. The highest BCUT2D eigenvalue weighted by Gasteiger charge is 2.06. The SMILES string of the molecule is Cc1cccc(OCCO)c1OI. The van der Waals surface area contributed by atoms with Gasteiger partial charge in [0.1, 0.15) is 6.61 Å². The van der Waals surface area contributed by atoms with Gasteiger partial charge in [-0.3, -0.25) is 0 Å². The van der Waals surface area contributed by atoms with Gasteiger partial charge in [0.05, 0.1) is 6.61 Å². The Morgan fingerprint density at radius 1 is 1.46 bits per heavy atom. The zero-order valence-corrected chi connectivity index (χ0v) is 9.45. The van der Waals surface area contributed by atoms with Crippen molar-refractivity contribution in [3.8, 4) is 11.5 Å². The molecule has 1 aromatic rings. The molecule has 0 aromatic heterocycles. The van der Waals surface area contributed by atoms with Gasteiger partial charge < -0.3 is 12.9 Å². The maximum atomic E-state index is 8.59. The van der Waals surface area contributed by atoms with Crippen LogP contribution in [0.5, 0.6) is 11.5 Å². The molecule has 1 N–H and O–H groups in total. The van der Waals surface area contributed by atoms with E-state index in [2.05, 4.69) is 0 Å². The van der Waals surface area contributed by atoms with E-state index in [1.54, 1.807) is 0 Å². The fourth-order valence-electron chi connectivity index (χ4n) is 0.994. The molecule has 0 saturated carbocycles. The highest BCUT2D eigenvalue weighted by molar-refractivity contribution is 14.1. The van der Waals surface area contributed by atoms with E-state index in [1.807, 2.05) is 48.1 Å². The summed E-state index contributed by atoms with van der Waals surface area (Å²) in [5.74, 6) is 1.39. The Hall–Kier alpha value is -0.490. The molecule has 0 atom stereocenters. The van der Waals surface area contributed by atoms with Crippen molar-refractivity contribution < 1.29 is 12.9 Å². The van der Waals surface area contributed by atoms with Crippen LogP contribution in [-0.2, 0) is 0 Å². The van der Waals surface area contributed by atoms with Gasteiger partial charge in [-0.15, -0.1) is 0 Å². The summed E-state index contributed by atoms with van der Waals surface area (Å²) in [6.45, 7) is 2.24. The monoisotopic (exact) mass is 294 g/mol. The van der Waals surface area contributed by atoms with Gasteiger partial charge in [0, 0.05) is 0 Å². The minimum absolute atomic E-state index is 0.00856. The highest BCUT2D eigenvalue weighted by Crippen LogP contribution is 2.31. The van der Waals surface area contributed by atoms with Crippen molar-refractivity contribution in [2.24, 2.45) is 0 Å². The molecule has 4 heteroatoms. The average molecular weight is 294 g/mol. The van der Waals surface area contributed by atoms with E-state index in [9.17, 15) is 0 Å².